The van der Waals surface area contributed by atoms with Crippen molar-refractivity contribution in [2.45, 2.75) is 31.8 Å². The van der Waals surface area contributed by atoms with Gasteiger partial charge in [0, 0.05) is 20.3 Å². The molecule has 27 heavy (non-hydrogen) atoms. The fourth-order valence-corrected chi connectivity index (χ4v) is 3.90. The molecule has 2 heterocycles. The first-order valence-electron chi connectivity index (χ1n) is 9.50. The van der Waals surface area contributed by atoms with E-state index in [-0.39, 0.29) is 30.2 Å². The second-order valence-corrected chi connectivity index (χ2v) is 7.11. The largest absolute Gasteiger partial charge is 0.385 e. The molecule has 1 N–H and O–H groups in total. The van der Waals surface area contributed by atoms with Gasteiger partial charge in [-0.2, -0.15) is 0 Å². The van der Waals surface area contributed by atoms with E-state index in [4.69, 9.17) is 4.74 Å². The van der Waals surface area contributed by atoms with E-state index in [1.165, 1.54) is 4.90 Å². The lowest BCUT2D eigenvalue weighted by atomic mass is 9.91. The number of hydrogen-bond donors (Lipinski definition) is 1. The molecule has 0 aromatic heterocycles. The number of carbonyl (C=O) groups is 3. The Hall–Kier alpha value is -2.25. The molecular weight excluding hydrogens is 346 g/mol. The maximum absolute atomic E-state index is 13.0. The van der Waals surface area contributed by atoms with Crippen LogP contribution < -0.4 is 5.32 Å². The number of methoxy groups -OCH3 is 1. The summed E-state index contributed by atoms with van der Waals surface area (Å²) in [6.07, 6.45) is 2.26. The molecule has 0 bridgehead atoms. The summed E-state index contributed by atoms with van der Waals surface area (Å²) >= 11 is 0. The standard InChI is InChI=1S/C20H27N3O4/c1-27-12-6-10-21-17(24)14-22-11-5-9-16-18(22)20(26)23(19(16)25)13-15-7-3-2-4-8-15/h2-4,7-8,16,18H,5-6,9-14H2,1H3,(H,21,24)/t16-,18+/m1/s1. The molecule has 1 aromatic rings. The van der Waals surface area contributed by atoms with Gasteiger partial charge in [0.25, 0.3) is 0 Å². The maximum atomic E-state index is 13.0. The van der Waals surface area contributed by atoms with Gasteiger partial charge in [0.05, 0.1) is 19.0 Å². The minimum Gasteiger partial charge on any atom is -0.385 e. The van der Waals surface area contributed by atoms with Gasteiger partial charge < -0.3 is 10.1 Å². The van der Waals surface area contributed by atoms with Crippen LogP contribution in [0.25, 0.3) is 0 Å². The highest BCUT2D eigenvalue weighted by molar-refractivity contribution is 6.07. The summed E-state index contributed by atoms with van der Waals surface area (Å²) in [6.45, 7) is 2.23. The number of nitrogens with one attached hydrogen (secondary N) is 1. The quantitative estimate of drug-likeness (QED) is 0.538. The van der Waals surface area contributed by atoms with Gasteiger partial charge in [0.2, 0.25) is 17.7 Å². The zero-order valence-corrected chi connectivity index (χ0v) is 15.7. The predicted molar refractivity (Wildman–Crippen MR) is 99.6 cm³/mol. The highest BCUT2D eigenvalue weighted by Gasteiger charge is 2.51. The number of rotatable bonds is 8. The molecule has 3 rings (SSSR count). The van der Waals surface area contributed by atoms with E-state index in [9.17, 15) is 14.4 Å². The van der Waals surface area contributed by atoms with Gasteiger partial charge >= 0.3 is 0 Å². The Bertz CT molecular complexity index is 679. The number of carbonyl (C=O) groups excluding carboxylic acids is 3. The monoisotopic (exact) mass is 373 g/mol. The third kappa shape index (κ3) is 4.54. The van der Waals surface area contributed by atoms with E-state index in [0.29, 0.717) is 32.7 Å². The summed E-state index contributed by atoms with van der Waals surface area (Å²) in [5.41, 5.74) is 0.931. The van der Waals surface area contributed by atoms with Crippen molar-refractivity contribution in [2.24, 2.45) is 5.92 Å². The number of likely N-dealkylation sites (tertiary alicyclic amines) is 2. The molecule has 7 heteroatoms. The Morgan fingerprint density at radius 2 is 2.00 bits per heavy atom. The molecular formula is C20H27N3O4. The fraction of sp³-hybridized carbons (Fsp3) is 0.550. The maximum Gasteiger partial charge on any atom is 0.247 e. The molecule has 2 saturated heterocycles. The number of nitrogens with zero attached hydrogens (tertiary/aromatic N) is 2. The third-order valence-electron chi connectivity index (χ3n) is 5.21. The van der Waals surface area contributed by atoms with Gasteiger partial charge in [-0.05, 0) is 31.4 Å². The Morgan fingerprint density at radius 1 is 1.22 bits per heavy atom. The summed E-state index contributed by atoms with van der Waals surface area (Å²) in [5.74, 6) is -0.746. The normalized spacial score (nSPS) is 22.8. The van der Waals surface area contributed by atoms with Crippen molar-refractivity contribution in [3.63, 3.8) is 0 Å². The lowest BCUT2D eigenvalue weighted by Gasteiger charge is -2.33. The molecule has 2 aliphatic rings. The van der Waals surface area contributed by atoms with Gasteiger partial charge in [-0.15, -0.1) is 0 Å². The molecule has 3 amide bonds. The first kappa shape index (κ1) is 19.5. The zero-order chi connectivity index (χ0) is 19.2. The SMILES string of the molecule is COCCCNC(=O)CN1CCC[C@H]2C(=O)N(Cc3ccccc3)C(=O)[C@H]21. The van der Waals surface area contributed by atoms with E-state index >= 15 is 0 Å². The van der Waals surface area contributed by atoms with Crippen molar-refractivity contribution in [3.8, 4) is 0 Å². The number of benzene rings is 1. The van der Waals surface area contributed by atoms with Crippen LogP contribution in [0.1, 0.15) is 24.8 Å². The molecule has 146 valence electrons. The van der Waals surface area contributed by atoms with E-state index in [2.05, 4.69) is 5.32 Å². The molecule has 2 atom stereocenters. The molecule has 0 radical (unpaired) electrons. The Morgan fingerprint density at radius 3 is 2.74 bits per heavy atom. The van der Waals surface area contributed by atoms with Crippen LogP contribution >= 0.6 is 0 Å². The van der Waals surface area contributed by atoms with Crippen molar-refractivity contribution >= 4 is 17.7 Å². The van der Waals surface area contributed by atoms with Crippen LogP contribution in [0.5, 0.6) is 0 Å². The summed E-state index contributed by atoms with van der Waals surface area (Å²) < 4.78 is 4.97. The molecule has 7 nitrogen and oxygen atoms in total. The Kier molecular flexibility index (Phi) is 6.58. The molecule has 0 unspecified atom stereocenters. The van der Waals surface area contributed by atoms with E-state index < -0.39 is 6.04 Å². The summed E-state index contributed by atoms with van der Waals surface area (Å²) in [6, 6.07) is 9.01. The van der Waals surface area contributed by atoms with Gasteiger partial charge in [-0.3, -0.25) is 24.2 Å². The van der Waals surface area contributed by atoms with E-state index in [1.54, 1.807) is 7.11 Å². The van der Waals surface area contributed by atoms with Gasteiger partial charge in [0.1, 0.15) is 6.04 Å². The second-order valence-electron chi connectivity index (χ2n) is 7.11. The molecule has 0 spiro atoms. The number of imide groups is 1. The highest BCUT2D eigenvalue weighted by Crippen LogP contribution is 2.33. The lowest BCUT2D eigenvalue weighted by molar-refractivity contribution is -0.140. The van der Waals surface area contributed by atoms with Crippen molar-refractivity contribution in [3.05, 3.63) is 35.9 Å². The molecule has 0 saturated carbocycles. The van der Waals surface area contributed by atoms with Crippen LogP contribution in [0.3, 0.4) is 0 Å². The predicted octanol–water partition coefficient (Wildman–Crippen LogP) is 0.789. The van der Waals surface area contributed by atoms with Gasteiger partial charge in [0.15, 0.2) is 0 Å². The Labute approximate surface area is 159 Å². The molecule has 2 fully saturated rings. The smallest absolute Gasteiger partial charge is 0.247 e. The number of hydrogen-bond acceptors (Lipinski definition) is 5. The lowest BCUT2D eigenvalue weighted by Crippen LogP contribution is -2.51. The highest BCUT2D eigenvalue weighted by atomic mass is 16.5. The number of ether oxygens (including phenoxy) is 1. The third-order valence-corrected chi connectivity index (χ3v) is 5.21. The summed E-state index contributed by atoms with van der Waals surface area (Å²) in [5, 5.41) is 2.85. The molecule has 0 aliphatic carbocycles. The van der Waals surface area contributed by atoms with E-state index in [1.807, 2.05) is 35.2 Å². The Balaban J connectivity index is 1.63. The minimum absolute atomic E-state index is 0.112. The minimum atomic E-state index is -0.514. The number of fused-ring (bicyclic) bond motifs is 1. The topological polar surface area (TPSA) is 79.0 Å². The van der Waals surface area contributed by atoms with Crippen molar-refractivity contribution in [2.75, 3.05) is 33.4 Å². The van der Waals surface area contributed by atoms with Crippen molar-refractivity contribution < 1.29 is 19.1 Å². The number of amides is 3. The van der Waals surface area contributed by atoms with Crippen molar-refractivity contribution in [1.29, 1.82) is 0 Å². The first-order valence-corrected chi connectivity index (χ1v) is 9.50. The van der Waals surface area contributed by atoms with Gasteiger partial charge in [-0.25, -0.2) is 0 Å². The van der Waals surface area contributed by atoms with Crippen LogP contribution in [-0.2, 0) is 25.7 Å². The first-order chi connectivity index (χ1) is 13.1. The van der Waals surface area contributed by atoms with Crippen LogP contribution in [0.15, 0.2) is 30.3 Å². The average molecular weight is 373 g/mol. The van der Waals surface area contributed by atoms with Crippen LogP contribution in [0.2, 0.25) is 0 Å². The molecule has 2 aliphatic heterocycles. The van der Waals surface area contributed by atoms with Crippen molar-refractivity contribution in [1.82, 2.24) is 15.1 Å². The van der Waals surface area contributed by atoms with Crippen LogP contribution in [-0.4, -0.2) is 66.9 Å². The van der Waals surface area contributed by atoms with Gasteiger partial charge in [-0.1, -0.05) is 30.3 Å². The van der Waals surface area contributed by atoms with Crippen LogP contribution in [0, 0.1) is 5.92 Å². The fourth-order valence-electron chi connectivity index (χ4n) is 3.90. The van der Waals surface area contributed by atoms with E-state index in [0.717, 1.165) is 18.4 Å². The second kappa shape index (κ2) is 9.10. The number of piperidine rings is 1. The average Bonchev–Trinajstić information content (AvgIpc) is 2.92. The molecule has 1 aromatic carbocycles. The van der Waals surface area contributed by atoms with Crippen LogP contribution in [0.4, 0.5) is 0 Å². The summed E-state index contributed by atoms with van der Waals surface area (Å²) in [4.78, 5) is 41.2. The summed E-state index contributed by atoms with van der Waals surface area (Å²) in [7, 11) is 1.62. The zero-order valence-electron chi connectivity index (χ0n) is 15.7.